The van der Waals surface area contributed by atoms with Crippen LogP contribution in [0.1, 0.15) is 12.5 Å². The van der Waals surface area contributed by atoms with Crippen LogP contribution >= 0.6 is 23.2 Å². The molecule has 0 amide bonds. The summed E-state index contributed by atoms with van der Waals surface area (Å²) in [6, 6.07) is 8.03. The molecule has 2 rings (SSSR count). The van der Waals surface area contributed by atoms with Gasteiger partial charge < -0.3 is 4.74 Å². The van der Waals surface area contributed by atoms with Crippen LogP contribution in [-0.4, -0.2) is 20.4 Å². The van der Waals surface area contributed by atoms with Crippen molar-refractivity contribution in [3.05, 3.63) is 63.9 Å². The fourth-order valence-electron chi connectivity index (χ4n) is 1.88. The first-order chi connectivity index (χ1) is 11.7. The quantitative estimate of drug-likeness (QED) is 0.745. The van der Waals surface area contributed by atoms with Gasteiger partial charge in [0.1, 0.15) is 18.5 Å². The van der Waals surface area contributed by atoms with E-state index in [4.69, 9.17) is 27.9 Å². The molecule has 5 nitrogen and oxygen atoms in total. The van der Waals surface area contributed by atoms with Gasteiger partial charge >= 0.3 is 5.97 Å². The molecule has 1 N–H and O–H groups in total. The normalized spacial score (nSPS) is 12.6. The predicted octanol–water partition coefficient (Wildman–Crippen LogP) is 3.54. The van der Waals surface area contributed by atoms with Gasteiger partial charge in [0.15, 0.2) is 0 Å². The van der Waals surface area contributed by atoms with Crippen LogP contribution < -0.4 is 4.72 Å². The minimum absolute atomic E-state index is 0.0295. The zero-order chi connectivity index (χ0) is 18.6. The average molecular weight is 406 g/mol. The number of carbonyl (C=O) groups is 1. The van der Waals surface area contributed by atoms with Crippen LogP contribution in [0.25, 0.3) is 0 Å². The van der Waals surface area contributed by atoms with E-state index in [1.54, 1.807) is 0 Å². The maximum Gasteiger partial charge on any atom is 0.324 e. The van der Waals surface area contributed by atoms with Crippen LogP contribution in [0.3, 0.4) is 0 Å². The van der Waals surface area contributed by atoms with E-state index in [1.165, 1.54) is 43.3 Å². The molecule has 2 aromatic rings. The number of hydrogen-bond donors (Lipinski definition) is 1. The number of hydrogen-bond acceptors (Lipinski definition) is 4. The molecule has 0 aliphatic carbocycles. The highest BCUT2D eigenvalue weighted by atomic mass is 35.5. The number of esters is 1. The maximum atomic E-state index is 13.0. The topological polar surface area (TPSA) is 72.5 Å². The highest BCUT2D eigenvalue weighted by Crippen LogP contribution is 2.18. The number of rotatable bonds is 6. The molecule has 9 heteroatoms. The highest BCUT2D eigenvalue weighted by Gasteiger charge is 2.23. The van der Waals surface area contributed by atoms with Crippen LogP contribution in [0.2, 0.25) is 10.0 Å². The van der Waals surface area contributed by atoms with E-state index in [9.17, 15) is 17.6 Å². The van der Waals surface area contributed by atoms with Gasteiger partial charge in [-0.25, -0.2) is 12.8 Å². The third-order valence-corrected chi connectivity index (χ3v) is 5.35. The van der Waals surface area contributed by atoms with Crippen LogP contribution in [0.4, 0.5) is 4.39 Å². The first-order valence-electron chi connectivity index (χ1n) is 7.07. The molecule has 0 saturated heterocycles. The Morgan fingerprint density at radius 1 is 1.20 bits per heavy atom. The number of benzene rings is 2. The second-order valence-electron chi connectivity index (χ2n) is 5.14. The van der Waals surface area contributed by atoms with Gasteiger partial charge in [-0.15, -0.1) is 0 Å². The smallest absolute Gasteiger partial charge is 0.324 e. The van der Waals surface area contributed by atoms with E-state index < -0.39 is 27.9 Å². The Bertz CT molecular complexity index is 872. The van der Waals surface area contributed by atoms with Gasteiger partial charge in [-0.3, -0.25) is 4.79 Å². The zero-order valence-corrected chi connectivity index (χ0v) is 15.3. The lowest BCUT2D eigenvalue weighted by Crippen LogP contribution is -2.39. The van der Waals surface area contributed by atoms with Gasteiger partial charge in [-0.05, 0) is 43.3 Å². The van der Waals surface area contributed by atoms with Crippen molar-refractivity contribution >= 4 is 39.2 Å². The summed E-state index contributed by atoms with van der Waals surface area (Å²) < 4.78 is 44.6. The van der Waals surface area contributed by atoms with Crippen LogP contribution in [-0.2, 0) is 26.2 Å². The van der Waals surface area contributed by atoms with Crippen molar-refractivity contribution in [2.24, 2.45) is 0 Å². The second-order valence-corrected chi connectivity index (χ2v) is 7.70. The van der Waals surface area contributed by atoms with E-state index in [0.29, 0.717) is 10.6 Å². The van der Waals surface area contributed by atoms with Gasteiger partial charge in [0.2, 0.25) is 10.0 Å². The van der Waals surface area contributed by atoms with Gasteiger partial charge in [0.25, 0.3) is 0 Å². The highest BCUT2D eigenvalue weighted by molar-refractivity contribution is 7.89. The molecule has 0 heterocycles. The number of nitrogens with one attached hydrogen (secondary N) is 1. The lowest BCUT2D eigenvalue weighted by molar-refractivity contribution is -0.146. The van der Waals surface area contributed by atoms with E-state index in [-0.39, 0.29) is 16.5 Å². The Hall–Kier alpha value is -1.67. The Kier molecular flexibility index (Phi) is 6.40. The standard InChI is InChI=1S/C16H14Cl2FNO4S/c1-10(20-25(22,23)14-6-3-12(17)4-7-14)16(21)24-9-11-2-5-13(19)8-15(11)18/h2-8,10,20H,9H2,1H3. The molecule has 0 spiro atoms. The summed E-state index contributed by atoms with van der Waals surface area (Å²) >= 11 is 11.6. The molecule has 0 aliphatic rings. The Balaban J connectivity index is 1.98. The second kappa shape index (κ2) is 8.14. The Morgan fingerprint density at radius 3 is 2.44 bits per heavy atom. The fraction of sp³-hybridized carbons (Fsp3) is 0.188. The molecule has 0 saturated carbocycles. The van der Waals surface area contributed by atoms with Gasteiger partial charge in [-0.1, -0.05) is 29.3 Å². The summed E-state index contributed by atoms with van der Waals surface area (Å²) in [5.74, 6) is -1.30. The molecule has 0 radical (unpaired) electrons. The van der Waals surface area contributed by atoms with E-state index in [0.717, 1.165) is 6.07 Å². The van der Waals surface area contributed by atoms with E-state index >= 15 is 0 Å². The maximum absolute atomic E-state index is 13.0. The van der Waals surface area contributed by atoms with Crippen LogP contribution in [0.15, 0.2) is 47.4 Å². The van der Waals surface area contributed by atoms with Gasteiger partial charge in [0, 0.05) is 10.6 Å². The van der Waals surface area contributed by atoms with Gasteiger partial charge in [0.05, 0.1) is 9.92 Å². The molecule has 1 unspecified atom stereocenters. The van der Waals surface area contributed by atoms with Crippen molar-refractivity contribution in [3.8, 4) is 0 Å². The third kappa shape index (κ3) is 5.40. The fourth-order valence-corrected chi connectivity index (χ4v) is 3.42. The summed E-state index contributed by atoms with van der Waals surface area (Å²) in [5.41, 5.74) is 0.407. The molecule has 0 bridgehead atoms. The molecule has 0 aromatic heterocycles. The Morgan fingerprint density at radius 2 is 1.84 bits per heavy atom. The largest absolute Gasteiger partial charge is 0.460 e. The number of sulfonamides is 1. The summed E-state index contributed by atoms with van der Waals surface area (Å²) in [4.78, 5) is 11.9. The first-order valence-corrected chi connectivity index (χ1v) is 9.31. The molecular formula is C16H14Cl2FNO4S. The molecule has 134 valence electrons. The minimum atomic E-state index is -3.90. The van der Waals surface area contributed by atoms with E-state index in [1.807, 2.05) is 0 Å². The van der Waals surface area contributed by atoms with Crippen molar-refractivity contribution in [1.29, 1.82) is 0 Å². The van der Waals surface area contributed by atoms with Crippen molar-refractivity contribution in [3.63, 3.8) is 0 Å². The number of carbonyl (C=O) groups excluding carboxylic acids is 1. The number of ether oxygens (including phenoxy) is 1. The third-order valence-electron chi connectivity index (χ3n) is 3.19. The molecular weight excluding hydrogens is 392 g/mol. The summed E-state index contributed by atoms with van der Waals surface area (Å²) in [6.45, 7) is 1.15. The number of halogens is 3. The zero-order valence-electron chi connectivity index (χ0n) is 13.0. The lowest BCUT2D eigenvalue weighted by Gasteiger charge is -2.14. The lowest BCUT2D eigenvalue weighted by atomic mass is 10.2. The molecule has 2 aromatic carbocycles. The Labute approximate surface area is 154 Å². The summed E-state index contributed by atoms with van der Waals surface area (Å²) in [7, 11) is -3.90. The van der Waals surface area contributed by atoms with Crippen molar-refractivity contribution in [1.82, 2.24) is 4.72 Å². The monoisotopic (exact) mass is 405 g/mol. The summed E-state index contributed by atoms with van der Waals surface area (Å²) in [6.07, 6.45) is 0. The first kappa shape index (κ1) is 19.7. The van der Waals surface area contributed by atoms with Crippen LogP contribution in [0.5, 0.6) is 0 Å². The van der Waals surface area contributed by atoms with Crippen molar-refractivity contribution in [2.45, 2.75) is 24.5 Å². The molecule has 0 fully saturated rings. The average Bonchev–Trinajstić information content (AvgIpc) is 2.53. The van der Waals surface area contributed by atoms with Crippen molar-refractivity contribution in [2.75, 3.05) is 0 Å². The van der Waals surface area contributed by atoms with Gasteiger partial charge in [-0.2, -0.15) is 4.72 Å². The SMILES string of the molecule is CC(NS(=O)(=O)c1ccc(Cl)cc1)C(=O)OCc1ccc(F)cc1Cl. The predicted molar refractivity (Wildman–Crippen MR) is 92.4 cm³/mol. The van der Waals surface area contributed by atoms with E-state index in [2.05, 4.69) is 4.72 Å². The summed E-state index contributed by atoms with van der Waals surface area (Å²) in [5, 5.41) is 0.504. The minimum Gasteiger partial charge on any atom is -0.460 e. The molecule has 25 heavy (non-hydrogen) atoms. The molecule has 1 atom stereocenters. The van der Waals surface area contributed by atoms with Crippen molar-refractivity contribution < 1.29 is 22.3 Å². The molecule has 0 aliphatic heterocycles. The van der Waals surface area contributed by atoms with Crippen LogP contribution in [0, 0.1) is 5.82 Å².